The maximum Gasteiger partial charge on any atom is 0.160 e. The lowest BCUT2D eigenvalue weighted by atomic mass is 10.2. The van der Waals surface area contributed by atoms with Crippen molar-refractivity contribution in [1.29, 1.82) is 0 Å². The molecular weight excluding hydrogens is 198 g/mol. The van der Waals surface area contributed by atoms with Gasteiger partial charge in [0.25, 0.3) is 0 Å². The number of carbonyl (C=O) groups is 1. The first kappa shape index (κ1) is 9.15. The average Bonchev–Trinajstić information content (AvgIpc) is 2.73. The number of hydrogen-bond donors (Lipinski definition) is 0. The van der Waals surface area contributed by atoms with Crippen molar-refractivity contribution >= 4 is 17.6 Å². The Morgan fingerprint density at radius 3 is 2.71 bits per heavy atom. The van der Waals surface area contributed by atoms with E-state index in [2.05, 4.69) is 5.16 Å². The van der Waals surface area contributed by atoms with Crippen LogP contribution in [0.15, 0.2) is 16.7 Å². The van der Waals surface area contributed by atoms with Gasteiger partial charge in [0, 0.05) is 4.88 Å². The Labute approximate surface area is 85.4 Å². The molecule has 0 fully saturated rings. The molecule has 2 rings (SSSR count). The molecule has 0 amide bonds. The SMILES string of the molecule is Cc1noc(C)c1-c1ccc(C=O)s1. The molecule has 0 unspecified atom stereocenters. The summed E-state index contributed by atoms with van der Waals surface area (Å²) in [6, 6.07) is 3.72. The van der Waals surface area contributed by atoms with E-state index in [0.29, 0.717) is 0 Å². The van der Waals surface area contributed by atoms with Crippen molar-refractivity contribution in [1.82, 2.24) is 5.16 Å². The van der Waals surface area contributed by atoms with Gasteiger partial charge in [-0.05, 0) is 26.0 Å². The lowest BCUT2D eigenvalue weighted by Gasteiger charge is -1.92. The van der Waals surface area contributed by atoms with E-state index in [0.717, 1.165) is 33.1 Å². The second kappa shape index (κ2) is 3.38. The van der Waals surface area contributed by atoms with E-state index in [-0.39, 0.29) is 0 Å². The van der Waals surface area contributed by atoms with Gasteiger partial charge in [-0.1, -0.05) is 5.16 Å². The molecule has 0 aromatic carbocycles. The molecule has 0 radical (unpaired) electrons. The molecule has 2 aromatic rings. The highest BCUT2D eigenvalue weighted by molar-refractivity contribution is 7.17. The van der Waals surface area contributed by atoms with E-state index >= 15 is 0 Å². The number of rotatable bonds is 2. The second-order valence-corrected chi connectivity index (χ2v) is 4.13. The largest absolute Gasteiger partial charge is 0.361 e. The Morgan fingerprint density at radius 2 is 2.21 bits per heavy atom. The minimum Gasteiger partial charge on any atom is -0.361 e. The topological polar surface area (TPSA) is 43.1 Å². The first-order chi connectivity index (χ1) is 6.72. The fraction of sp³-hybridized carbons (Fsp3) is 0.200. The van der Waals surface area contributed by atoms with Crippen LogP contribution in [0.25, 0.3) is 10.4 Å². The van der Waals surface area contributed by atoms with Crippen molar-refractivity contribution in [2.45, 2.75) is 13.8 Å². The quantitative estimate of drug-likeness (QED) is 0.711. The van der Waals surface area contributed by atoms with Gasteiger partial charge in [0.05, 0.1) is 16.1 Å². The molecule has 0 aliphatic rings. The summed E-state index contributed by atoms with van der Waals surface area (Å²) in [5, 5.41) is 3.87. The number of thiophene rings is 1. The van der Waals surface area contributed by atoms with Crippen molar-refractivity contribution in [3.8, 4) is 10.4 Å². The lowest BCUT2D eigenvalue weighted by molar-refractivity contribution is 0.112. The highest BCUT2D eigenvalue weighted by atomic mass is 32.1. The number of carbonyl (C=O) groups excluding carboxylic acids is 1. The molecule has 0 bridgehead atoms. The van der Waals surface area contributed by atoms with E-state index < -0.39 is 0 Å². The zero-order chi connectivity index (χ0) is 10.1. The van der Waals surface area contributed by atoms with Crippen LogP contribution in [-0.4, -0.2) is 11.4 Å². The van der Waals surface area contributed by atoms with Crippen LogP contribution in [0.5, 0.6) is 0 Å². The summed E-state index contributed by atoms with van der Waals surface area (Å²) in [5.74, 6) is 0.793. The van der Waals surface area contributed by atoms with Crippen LogP contribution < -0.4 is 0 Å². The van der Waals surface area contributed by atoms with Gasteiger partial charge in [-0.15, -0.1) is 11.3 Å². The molecule has 2 heterocycles. The third-order valence-corrected chi connectivity index (χ3v) is 3.05. The predicted molar refractivity (Wildman–Crippen MR) is 54.7 cm³/mol. The smallest absolute Gasteiger partial charge is 0.160 e. The van der Waals surface area contributed by atoms with Gasteiger partial charge in [-0.2, -0.15) is 0 Å². The molecule has 0 N–H and O–H groups in total. The third kappa shape index (κ3) is 1.37. The molecule has 14 heavy (non-hydrogen) atoms. The Hall–Kier alpha value is -1.42. The fourth-order valence-electron chi connectivity index (χ4n) is 1.39. The van der Waals surface area contributed by atoms with Crippen LogP contribution in [0.2, 0.25) is 0 Å². The van der Waals surface area contributed by atoms with E-state index in [4.69, 9.17) is 4.52 Å². The summed E-state index contributed by atoms with van der Waals surface area (Å²) in [7, 11) is 0. The minimum absolute atomic E-state index is 0.722. The van der Waals surface area contributed by atoms with Crippen molar-refractivity contribution < 1.29 is 9.32 Å². The highest BCUT2D eigenvalue weighted by Crippen LogP contribution is 2.32. The molecule has 4 heteroatoms. The summed E-state index contributed by atoms with van der Waals surface area (Å²) >= 11 is 1.45. The van der Waals surface area contributed by atoms with Gasteiger partial charge in [0.2, 0.25) is 0 Å². The maximum absolute atomic E-state index is 10.5. The third-order valence-electron chi connectivity index (χ3n) is 2.02. The number of hydrogen-bond acceptors (Lipinski definition) is 4. The summed E-state index contributed by atoms with van der Waals surface area (Å²) < 4.78 is 5.06. The molecule has 0 atom stereocenters. The molecule has 72 valence electrons. The number of aryl methyl sites for hydroxylation is 2. The van der Waals surface area contributed by atoms with Gasteiger partial charge in [-0.3, -0.25) is 4.79 Å². The Kier molecular flexibility index (Phi) is 2.21. The Morgan fingerprint density at radius 1 is 1.43 bits per heavy atom. The number of aldehydes is 1. The standard InChI is InChI=1S/C10H9NO2S/c1-6-10(7(2)13-11-6)9-4-3-8(5-12)14-9/h3-5H,1-2H3. The fourth-order valence-corrected chi connectivity index (χ4v) is 2.35. The zero-order valence-electron chi connectivity index (χ0n) is 7.90. The monoisotopic (exact) mass is 207 g/mol. The first-order valence-corrected chi connectivity index (χ1v) is 5.02. The van der Waals surface area contributed by atoms with Crippen LogP contribution in [0.3, 0.4) is 0 Å². The molecule has 0 spiro atoms. The van der Waals surface area contributed by atoms with E-state index in [1.54, 1.807) is 6.07 Å². The van der Waals surface area contributed by atoms with Crippen LogP contribution in [-0.2, 0) is 0 Å². The summed E-state index contributed by atoms with van der Waals surface area (Å²) in [6.45, 7) is 3.77. The molecule has 0 aliphatic heterocycles. The Balaban J connectivity index is 2.53. The van der Waals surface area contributed by atoms with Crippen molar-refractivity contribution in [2.24, 2.45) is 0 Å². The summed E-state index contributed by atoms with van der Waals surface area (Å²) in [5.41, 5.74) is 1.87. The molecular formula is C10H9NO2S. The van der Waals surface area contributed by atoms with Gasteiger partial charge in [0.15, 0.2) is 6.29 Å². The minimum atomic E-state index is 0.722. The highest BCUT2D eigenvalue weighted by Gasteiger charge is 2.12. The van der Waals surface area contributed by atoms with Crippen LogP contribution in [0, 0.1) is 13.8 Å². The van der Waals surface area contributed by atoms with E-state index in [9.17, 15) is 4.79 Å². The molecule has 0 saturated heterocycles. The second-order valence-electron chi connectivity index (χ2n) is 3.02. The molecule has 0 aliphatic carbocycles. The lowest BCUT2D eigenvalue weighted by Crippen LogP contribution is -1.75. The number of aromatic nitrogens is 1. The van der Waals surface area contributed by atoms with Crippen molar-refractivity contribution in [3.63, 3.8) is 0 Å². The maximum atomic E-state index is 10.5. The van der Waals surface area contributed by atoms with Crippen LogP contribution in [0.4, 0.5) is 0 Å². The average molecular weight is 207 g/mol. The summed E-state index contributed by atoms with van der Waals surface area (Å²) in [4.78, 5) is 12.3. The van der Waals surface area contributed by atoms with Gasteiger partial charge in [0.1, 0.15) is 5.76 Å². The van der Waals surface area contributed by atoms with Gasteiger partial charge >= 0.3 is 0 Å². The van der Waals surface area contributed by atoms with E-state index in [1.165, 1.54) is 11.3 Å². The summed E-state index contributed by atoms with van der Waals surface area (Å²) in [6.07, 6.45) is 0.854. The van der Waals surface area contributed by atoms with Gasteiger partial charge in [-0.25, -0.2) is 0 Å². The zero-order valence-corrected chi connectivity index (χ0v) is 8.72. The molecule has 2 aromatic heterocycles. The normalized spacial score (nSPS) is 10.4. The predicted octanol–water partition coefficient (Wildman–Crippen LogP) is 2.83. The van der Waals surface area contributed by atoms with Crippen molar-refractivity contribution in [3.05, 3.63) is 28.5 Å². The molecule has 0 saturated carbocycles. The Bertz CT molecular complexity index is 451. The van der Waals surface area contributed by atoms with Crippen molar-refractivity contribution in [2.75, 3.05) is 0 Å². The molecule has 3 nitrogen and oxygen atoms in total. The van der Waals surface area contributed by atoms with E-state index in [1.807, 2.05) is 19.9 Å². The number of nitrogens with zero attached hydrogens (tertiary/aromatic N) is 1. The van der Waals surface area contributed by atoms with Crippen LogP contribution >= 0.6 is 11.3 Å². The first-order valence-electron chi connectivity index (χ1n) is 4.20. The van der Waals surface area contributed by atoms with Gasteiger partial charge < -0.3 is 4.52 Å². The van der Waals surface area contributed by atoms with Crippen LogP contribution in [0.1, 0.15) is 21.1 Å².